The van der Waals surface area contributed by atoms with Gasteiger partial charge in [-0.2, -0.15) is 0 Å². The van der Waals surface area contributed by atoms with Gasteiger partial charge >= 0.3 is 0 Å². The summed E-state index contributed by atoms with van der Waals surface area (Å²) in [5, 5.41) is 0. The molecule has 0 aromatic carbocycles. The van der Waals surface area contributed by atoms with E-state index in [-0.39, 0.29) is 11.5 Å². The standard InChI is InChI=1S/C17H31NO/c1-12(2)14-10-8-9-11-18(17(5,6)7)16(19)15(14)13(3)4/h9,11-15H,8,10H2,1-7H3/b11-9-. The number of carbonyl (C=O) groups is 1. The smallest absolute Gasteiger partial charge is 0.230 e. The lowest BCUT2D eigenvalue weighted by molar-refractivity contribution is -0.141. The first-order valence-electron chi connectivity index (χ1n) is 7.66. The minimum atomic E-state index is -0.139. The molecule has 0 radical (unpaired) electrons. The molecule has 19 heavy (non-hydrogen) atoms. The molecule has 1 aliphatic heterocycles. The summed E-state index contributed by atoms with van der Waals surface area (Å²) in [6.45, 7) is 15.2. The van der Waals surface area contributed by atoms with Crippen LogP contribution in [0.1, 0.15) is 61.3 Å². The van der Waals surface area contributed by atoms with Crippen LogP contribution in [0.3, 0.4) is 0 Å². The number of nitrogens with zero attached hydrogens (tertiary/aromatic N) is 1. The van der Waals surface area contributed by atoms with E-state index < -0.39 is 0 Å². The first-order valence-corrected chi connectivity index (χ1v) is 7.66. The highest BCUT2D eigenvalue weighted by molar-refractivity contribution is 5.81. The maximum Gasteiger partial charge on any atom is 0.230 e. The van der Waals surface area contributed by atoms with Crippen molar-refractivity contribution in [3.05, 3.63) is 12.3 Å². The maximum absolute atomic E-state index is 13.0. The molecule has 1 rings (SSSR count). The maximum atomic E-state index is 13.0. The molecular formula is C17H31NO. The third-order valence-electron chi connectivity index (χ3n) is 4.20. The van der Waals surface area contributed by atoms with Crippen LogP contribution in [-0.2, 0) is 4.79 Å². The summed E-state index contributed by atoms with van der Waals surface area (Å²) in [7, 11) is 0. The highest BCUT2D eigenvalue weighted by Crippen LogP contribution is 2.36. The number of carbonyl (C=O) groups excluding carboxylic acids is 1. The molecule has 0 spiro atoms. The van der Waals surface area contributed by atoms with Crippen LogP contribution in [0.15, 0.2) is 12.3 Å². The van der Waals surface area contributed by atoms with Gasteiger partial charge in [0, 0.05) is 17.7 Å². The van der Waals surface area contributed by atoms with Gasteiger partial charge in [0.2, 0.25) is 5.91 Å². The second-order valence-corrected chi connectivity index (χ2v) is 7.52. The van der Waals surface area contributed by atoms with Crippen molar-refractivity contribution in [1.82, 2.24) is 4.90 Å². The van der Waals surface area contributed by atoms with Crippen LogP contribution in [0.2, 0.25) is 0 Å². The third kappa shape index (κ3) is 3.84. The number of amides is 1. The Morgan fingerprint density at radius 3 is 2.16 bits per heavy atom. The summed E-state index contributed by atoms with van der Waals surface area (Å²) < 4.78 is 0. The summed E-state index contributed by atoms with van der Waals surface area (Å²) >= 11 is 0. The lowest BCUT2D eigenvalue weighted by atomic mass is 9.73. The SMILES string of the molecule is CC(C)C1CC/C=C\N(C(C)(C)C)C(=O)C1C(C)C. The molecule has 0 aromatic rings. The molecule has 2 atom stereocenters. The highest BCUT2D eigenvalue weighted by atomic mass is 16.2. The molecule has 0 fully saturated rings. The fraction of sp³-hybridized carbons (Fsp3) is 0.824. The van der Waals surface area contributed by atoms with Crippen LogP contribution in [-0.4, -0.2) is 16.3 Å². The summed E-state index contributed by atoms with van der Waals surface area (Å²) in [5.74, 6) is 1.89. The molecule has 1 aliphatic rings. The van der Waals surface area contributed by atoms with Crippen LogP contribution in [0.25, 0.3) is 0 Å². The van der Waals surface area contributed by atoms with Crippen LogP contribution in [0, 0.1) is 23.7 Å². The average molecular weight is 265 g/mol. The Morgan fingerprint density at radius 1 is 1.16 bits per heavy atom. The Balaban J connectivity index is 3.16. The average Bonchev–Trinajstić information content (AvgIpc) is 2.20. The molecular weight excluding hydrogens is 234 g/mol. The van der Waals surface area contributed by atoms with Crippen molar-refractivity contribution in [3.63, 3.8) is 0 Å². The number of allylic oxidation sites excluding steroid dienone is 1. The Morgan fingerprint density at radius 2 is 1.74 bits per heavy atom. The molecule has 0 aromatic heterocycles. The Bertz CT molecular complexity index is 336. The van der Waals surface area contributed by atoms with Crippen molar-refractivity contribution in [2.24, 2.45) is 23.7 Å². The molecule has 0 aliphatic carbocycles. The van der Waals surface area contributed by atoms with Crippen LogP contribution in [0.4, 0.5) is 0 Å². The summed E-state index contributed by atoms with van der Waals surface area (Å²) in [4.78, 5) is 14.9. The van der Waals surface area contributed by atoms with Crippen molar-refractivity contribution in [2.75, 3.05) is 0 Å². The molecule has 1 heterocycles. The first-order chi connectivity index (χ1) is 8.66. The van der Waals surface area contributed by atoms with Gasteiger partial charge in [-0.05, 0) is 51.4 Å². The molecule has 2 heteroatoms. The normalized spacial score (nSPS) is 27.6. The molecule has 0 saturated heterocycles. The zero-order valence-electron chi connectivity index (χ0n) is 13.7. The van der Waals surface area contributed by atoms with Gasteiger partial charge in [-0.3, -0.25) is 4.79 Å². The van der Waals surface area contributed by atoms with Crippen LogP contribution >= 0.6 is 0 Å². The van der Waals surface area contributed by atoms with E-state index in [1.54, 1.807) is 0 Å². The van der Waals surface area contributed by atoms with Gasteiger partial charge in [-0.1, -0.05) is 33.8 Å². The fourth-order valence-electron chi connectivity index (χ4n) is 3.15. The van der Waals surface area contributed by atoms with Crippen molar-refractivity contribution in [3.8, 4) is 0 Å². The van der Waals surface area contributed by atoms with E-state index in [0.29, 0.717) is 23.7 Å². The van der Waals surface area contributed by atoms with E-state index in [2.05, 4.69) is 54.5 Å². The predicted octanol–water partition coefficient (Wildman–Crippen LogP) is 4.47. The highest BCUT2D eigenvalue weighted by Gasteiger charge is 2.38. The molecule has 2 nitrogen and oxygen atoms in total. The van der Waals surface area contributed by atoms with Gasteiger partial charge in [0.15, 0.2) is 0 Å². The summed E-state index contributed by atoms with van der Waals surface area (Å²) in [6.07, 6.45) is 6.37. The lowest BCUT2D eigenvalue weighted by Gasteiger charge is -2.41. The minimum absolute atomic E-state index is 0.139. The fourth-order valence-corrected chi connectivity index (χ4v) is 3.15. The van der Waals surface area contributed by atoms with Gasteiger partial charge in [0.25, 0.3) is 0 Å². The Hall–Kier alpha value is -0.790. The van der Waals surface area contributed by atoms with E-state index >= 15 is 0 Å². The molecule has 110 valence electrons. The summed E-state index contributed by atoms with van der Waals surface area (Å²) in [6, 6.07) is 0. The largest absolute Gasteiger partial charge is 0.314 e. The molecule has 0 saturated carbocycles. The van der Waals surface area contributed by atoms with Crippen molar-refractivity contribution < 1.29 is 4.79 Å². The minimum Gasteiger partial charge on any atom is -0.314 e. The number of hydrogen-bond acceptors (Lipinski definition) is 1. The quantitative estimate of drug-likeness (QED) is 0.721. The lowest BCUT2D eigenvalue weighted by Crippen LogP contribution is -2.48. The van der Waals surface area contributed by atoms with Gasteiger partial charge in [-0.15, -0.1) is 0 Å². The predicted molar refractivity (Wildman–Crippen MR) is 81.6 cm³/mol. The van der Waals surface area contributed by atoms with Gasteiger partial charge in [0.1, 0.15) is 0 Å². The topological polar surface area (TPSA) is 20.3 Å². The zero-order valence-corrected chi connectivity index (χ0v) is 13.7. The zero-order chi connectivity index (χ0) is 14.8. The van der Waals surface area contributed by atoms with E-state index in [4.69, 9.17) is 0 Å². The second kappa shape index (κ2) is 6.11. The first kappa shape index (κ1) is 16.3. The number of rotatable bonds is 2. The third-order valence-corrected chi connectivity index (χ3v) is 4.20. The molecule has 2 unspecified atom stereocenters. The van der Waals surface area contributed by atoms with Gasteiger partial charge in [0.05, 0.1) is 0 Å². The molecule has 0 bridgehead atoms. The monoisotopic (exact) mass is 265 g/mol. The van der Waals surface area contributed by atoms with E-state index in [1.165, 1.54) is 0 Å². The van der Waals surface area contributed by atoms with Crippen LogP contribution in [0.5, 0.6) is 0 Å². The van der Waals surface area contributed by atoms with Gasteiger partial charge < -0.3 is 4.90 Å². The van der Waals surface area contributed by atoms with Crippen molar-refractivity contribution in [2.45, 2.75) is 66.8 Å². The van der Waals surface area contributed by atoms with E-state index in [9.17, 15) is 4.79 Å². The Labute approximate surface area is 119 Å². The van der Waals surface area contributed by atoms with Crippen molar-refractivity contribution in [1.29, 1.82) is 0 Å². The van der Waals surface area contributed by atoms with E-state index in [0.717, 1.165) is 12.8 Å². The van der Waals surface area contributed by atoms with Gasteiger partial charge in [-0.25, -0.2) is 0 Å². The summed E-state index contributed by atoms with van der Waals surface area (Å²) in [5.41, 5.74) is -0.139. The molecule has 1 amide bonds. The number of hydrogen-bond donors (Lipinski definition) is 0. The Kier molecular flexibility index (Phi) is 5.23. The van der Waals surface area contributed by atoms with E-state index in [1.807, 2.05) is 11.1 Å². The van der Waals surface area contributed by atoms with Crippen LogP contribution < -0.4 is 0 Å². The second-order valence-electron chi connectivity index (χ2n) is 7.52. The molecule has 0 N–H and O–H groups in total. The van der Waals surface area contributed by atoms with Crippen molar-refractivity contribution >= 4 is 5.91 Å².